The number of anilines is 2. The van der Waals surface area contributed by atoms with Gasteiger partial charge in [0.15, 0.2) is 0 Å². The molecule has 19 heavy (non-hydrogen) atoms. The molecule has 0 aliphatic heterocycles. The van der Waals surface area contributed by atoms with E-state index in [1.165, 1.54) is 0 Å². The van der Waals surface area contributed by atoms with Crippen LogP contribution in [0.1, 0.15) is 5.56 Å². The lowest BCUT2D eigenvalue weighted by molar-refractivity contribution is 1.40. The van der Waals surface area contributed by atoms with E-state index in [4.69, 9.17) is 29.6 Å². The average molecular weight is 309 g/mol. The molecule has 98 valence electrons. The van der Waals surface area contributed by atoms with E-state index in [2.05, 4.69) is 5.32 Å². The Morgan fingerprint density at radius 2 is 2.00 bits per heavy atom. The fraction of sp³-hybridized carbons (Fsp3) is 0.0714. The highest BCUT2D eigenvalue weighted by Gasteiger charge is 2.10. The van der Waals surface area contributed by atoms with Gasteiger partial charge in [-0.25, -0.2) is 0 Å². The topological polar surface area (TPSA) is 38.0 Å². The molecule has 2 nitrogen and oxygen atoms in total. The van der Waals surface area contributed by atoms with Crippen LogP contribution in [0.25, 0.3) is 0 Å². The summed E-state index contributed by atoms with van der Waals surface area (Å²) in [5.74, 6) is 0. The molecule has 0 aromatic heterocycles. The van der Waals surface area contributed by atoms with Crippen molar-refractivity contribution < 1.29 is 0 Å². The number of hydrogen-bond donors (Lipinski definition) is 2. The first kappa shape index (κ1) is 14.2. The zero-order valence-electron chi connectivity index (χ0n) is 10.3. The van der Waals surface area contributed by atoms with Crippen molar-refractivity contribution in [2.24, 2.45) is 5.73 Å². The van der Waals surface area contributed by atoms with Gasteiger partial charge in [0.25, 0.3) is 0 Å². The van der Waals surface area contributed by atoms with E-state index in [1.807, 2.05) is 48.7 Å². The van der Waals surface area contributed by atoms with Crippen LogP contribution in [0, 0.1) is 0 Å². The molecule has 0 saturated carbocycles. The summed E-state index contributed by atoms with van der Waals surface area (Å²) in [6.07, 6.45) is 2.00. The van der Waals surface area contributed by atoms with Crippen molar-refractivity contribution in [3.63, 3.8) is 0 Å². The first-order valence-electron chi connectivity index (χ1n) is 5.61. The van der Waals surface area contributed by atoms with Gasteiger partial charge in [0.05, 0.1) is 0 Å². The highest BCUT2D eigenvalue weighted by Crippen LogP contribution is 2.29. The van der Waals surface area contributed by atoms with Gasteiger partial charge < -0.3 is 11.1 Å². The zero-order chi connectivity index (χ0) is 13.8. The number of rotatable bonds is 4. The lowest BCUT2D eigenvalue weighted by atomic mass is 10.1. The van der Waals surface area contributed by atoms with Crippen molar-refractivity contribution in [3.8, 4) is 0 Å². The number of thioether (sulfide) groups is 1. The molecule has 3 N–H and O–H groups in total. The molecule has 0 radical (unpaired) electrons. The van der Waals surface area contributed by atoms with Gasteiger partial charge in [0.1, 0.15) is 4.99 Å². The van der Waals surface area contributed by atoms with Gasteiger partial charge in [-0.1, -0.05) is 36.0 Å². The van der Waals surface area contributed by atoms with E-state index in [1.54, 1.807) is 11.8 Å². The molecular formula is C14H13ClN2S2. The smallest absolute Gasteiger partial charge is 0.107 e. The Balaban J connectivity index is 2.42. The molecule has 5 heteroatoms. The Morgan fingerprint density at radius 3 is 2.63 bits per heavy atom. The molecule has 0 unspecified atom stereocenters. The van der Waals surface area contributed by atoms with Gasteiger partial charge in [0.2, 0.25) is 0 Å². The largest absolute Gasteiger partial charge is 0.389 e. The molecule has 0 bridgehead atoms. The van der Waals surface area contributed by atoms with Gasteiger partial charge in [-0.15, -0.1) is 11.8 Å². The van der Waals surface area contributed by atoms with E-state index >= 15 is 0 Å². The number of hydrogen-bond acceptors (Lipinski definition) is 3. The van der Waals surface area contributed by atoms with Crippen LogP contribution in [0.3, 0.4) is 0 Å². The van der Waals surface area contributed by atoms with Gasteiger partial charge in [-0.05, 0) is 36.6 Å². The summed E-state index contributed by atoms with van der Waals surface area (Å²) in [4.78, 5) is 1.44. The summed E-state index contributed by atoms with van der Waals surface area (Å²) >= 11 is 12.7. The third kappa shape index (κ3) is 3.41. The third-order valence-corrected chi connectivity index (χ3v) is 3.82. The number of thiocarbonyl (C=S) groups is 1. The van der Waals surface area contributed by atoms with Gasteiger partial charge in [0, 0.05) is 26.9 Å². The maximum atomic E-state index is 5.98. The minimum absolute atomic E-state index is 0.384. The highest BCUT2D eigenvalue weighted by molar-refractivity contribution is 7.98. The van der Waals surface area contributed by atoms with Crippen LogP contribution in [0.4, 0.5) is 11.4 Å². The van der Waals surface area contributed by atoms with Crippen LogP contribution < -0.4 is 11.1 Å². The average Bonchev–Trinajstić information content (AvgIpc) is 2.38. The first-order chi connectivity index (χ1) is 9.11. The molecule has 0 atom stereocenters. The van der Waals surface area contributed by atoms with Gasteiger partial charge in [-0.3, -0.25) is 0 Å². The maximum Gasteiger partial charge on any atom is 0.107 e. The minimum Gasteiger partial charge on any atom is -0.389 e. The quantitative estimate of drug-likeness (QED) is 0.647. The highest BCUT2D eigenvalue weighted by atomic mass is 35.5. The number of halogens is 1. The second-order valence-corrected chi connectivity index (χ2v) is 5.61. The molecule has 0 aliphatic carbocycles. The normalized spacial score (nSPS) is 10.2. The Labute approximate surface area is 127 Å². The summed E-state index contributed by atoms with van der Waals surface area (Å²) in [5, 5.41) is 3.99. The van der Waals surface area contributed by atoms with Crippen molar-refractivity contribution in [2.75, 3.05) is 11.6 Å². The maximum absolute atomic E-state index is 5.98. The van der Waals surface area contributed by atoms with E-state index in [-0.39, 0.29) is 0 Å². The van der Waals surface area contributed by atoms with Crippen LogP contribution in [0.15, 0.2) is 47.4 Å². The summed E-state index contributed by atoms with van der Waals surface area (Å²) < 4.78 is 0. The molecule has 0 heterocycles. The van der Waals surface area contributed by atoms with Crippen molar-refractivity contribution in [2.45, 2.75) is 4.90 Å². The van der Waals surface area contributed by atoms with Gasteiger partial charge in [-0.2, -0.15) is 0 Å². The second kappa shape index (κ2) is 6.28. The summed E-state index contributed by atoms with van der Waals surface area (Å²) in [5.41, 5.74) is 8.49. The molecule has 0 aliphatic rings. The zero-order valence-corrected chi connectivity index (χ0v) is 12.7. The van der Waals surface area contributed by atoms with Crippen molar-refractivity contribution in [3.05, 3.63) is 53.1 Å². The first-order valence-corrected chi connectivity index (χ1v) is 7.62. The van der Waals surface area contributed by atoms with Crippen molar-refractivity contribution in [1.29, 1.82) is 0 Å². The Hall–Kier alpha value is -1.23. The van der Waals surface area contributed by atoms with Crippen molar-refractivity contribution >= 4 is 51.9 Å². The molecular weight excluding hydrogens is 296 g/mol. The minimum atomic E-state index is 0.384. The fourth-order valence-electron chi connectivity index (χ4n) is 1.78. The third-order valence-electron chi connectivity index (χ3n) is 2.60. The van der Waals surface area contributed by atoms with E-state index in [0.717, 1.165) is 21.8 Å². The van der Waals surface area contributed by atoms with E-state index in [9.17, 15) is 0 Å². The number of nitrogens with two attached hydrogens (primary N) is 1. The Bertz CT molecular complexity index is 614. The molecule has 0 spiro atoms. The standard InChI is InChI=1S/C14H13ClN2S2/c1-19-12-7-3-6-11(13(12)14(16)18)17-10-5-2-4-9(15)8-10/h2-8,17H,1H3,(H2,16,18). The summed E-state index contributed by atoms with van der Waals surface area (Å²) in [6.45, 7) is 0. The fourth-order valence-corrected chi connectivity index (χ4v) is 2.89. The second-order valence-electron chi connectivity index (χ2n) is 3.88. The predicted octanol–water partition coefficient (Wildman–Crippen LogP) is 4.44. The van der Waals surface area contributed by atoms with Crippen LogP contribution in [0.2, 0.25) is 5.02 Å². The molecule has 2 aromatic carbocycles. The van der Waals surface area contributed by atoms with Crippen LogP contribution in [0.5, 0.6) is 0 Å². The number of nitrogens with one attached hydrogen (secondary N) is 1. The summed E-state index contributed by atoms with van der Waals surface area (Å²) in [6, 6.07) is 13.5. The van der Waals surface area contributed by atoms with E-state index in [0.29, 0.717) is 10.0 Å². The van der Waals surface area contributed by atoms with Crippen LogP contribution in [-0.2, 0) is 0 Å². The Kier molecular flexibility index (Phi) is 4.69. The molecule has 2 rings (SSSR count). The van der Waals surface area contributed by atoms with Crippen LogP contribution >= 0.6 is 35.6 Å². The van der Waals surface area contributed by atoms with E-state index < -0.39 is 0 Å². The lowest BCUT2D eigenvalue weighted by Crippen LogP contribution is -2.13. The summed E-state index contributed by atoms with van der Waals surface area (Å²) in [7, 11) is 0. The van der Waals surface area contributed by atoms with Crippen LogP contribution in [-0.4, -0.2) is 11.2 Å². The predicted molar refractivity (Wildman–Crippen MR) is 88.8 cm³/mol. The molecule has 2 aromatic rings. The lowest BCUT2D eigenvalue weighted by Gasteiger charge is -2.14. The van der Waals surface area contributed by atoms with Gasteiger partial charge >= 0.3 is 0 Å². The van der Waals surface area contributed by atoms with Crippen molar-refractivity contribution in [1.82, 2.24) is 0 Å². The number of benzene rings is 2. The Morgan fingerprint density at radius 1 is 1.26 bits per heavy atom. The SMILES string of the molecule is CSc1cccc(Nc2cccc(Cl)c2)c1C(N)=S. The molecule has 0 saturated heterocycles. The molecule has 0 amide bonds. The monoisotopic (exact) mass is 308 g/mol. The molecule has 0 fully saturated rings.